The molecule has 0 radical (unpaired) electrons. The summed E-state index contributed by atoms with van der Waals surface area (Å²) >= 11 is 6.60. The molecule has 3 aromatic rings. The van der Waals surface area contributed by atoms with Crippen molar-refractivity contribution in [3.8, 4) is 0 Å². The smallest absolute Gasteiger partial charge is 0.244 e. The summed E-state index contributed by atoms with van der Waals surface area (Å²) in [5, 5.41) is 3.63. The summed E-state index contributed by atoms with van der Waals surface area (Å²) in [5.74, 6) is -0.745. The van der Waals surface area contributed by atoms with Crippen molar-refractivity contribution in [3.63, 3.8) is 0 Å². The molecule has 0 fully saturated rings. The predicted octanol–water partition coefficient (Wildman–Crippen LogP) is 4.94. The Morgan fingerprint density at radius 3 is 2.59 bits per heavy atom. The Kier molecular flexibility index (Phi) is 4.31. The molecule has 0 unspecified atom stereocenters. The highest BCUT2D eigenvalue weighted by molar-refractivity contribution is 9.10. The van der Waals surface area contributed by atoms with Gasteiger partial charge in [-0.1, -0.05) is 31.9 Å². The summed E-state index contributed by atoms with van der Waals surface area (Å²) in [5.41, 5.74) is 1.13. The summed E-state index contributed by atoms with van der Waals surface area (Å²) in [6, 6.07) is 12.3. The first-order valence-corrected chi connectivity index (χ1v) is 8.11. The Labute approximate surface area is 143 Å². The van der Waals surface area contributed by atoms with Crippen molar-refractivity contribution in [2.24, 2.45) is 0 Å². The van der Waals surface area contributed by atoms with E-state index in [2.05, 4.69) is 37.2 Å². The molecule has 1 amide bonds. The van der Waals surface area contributed by atoms with Crippen LogP contribution in [0.2, 0.25) is 0 Å². The number of amides is 1. The van der Waals surface area contributed by atoms with Crippen LogP contribution in [0.5, 0.6) is 0 Å². The number of rotatable bonds is 3. The van der Waals surface area contributed by atoms with E-state index in [1.54, 1.807) is 6.07 Å². The minimum absolute atomic E-state index is 0.126. The number of hydrogen-bond acceptors (Lipinski definition) is 1. The van der Waals surface area contributed by atoms with Crippen molar-refractivity contribution in [1.29, 1.82) is 0 Å². The lowest BCUT2D eigenvalue weighted by molar-refractivity contribution is -0.116. The molecule has 0 aliphatic carbocycles. The molecule has 22 heavy (non-hydrogen) atoms. The maximum absolute atomic E-state index is 13.7. The van der Waals surface area contributed by atoms with Crippen LogP contribution in [0, 0.1) is 5.82 Å². The van der Waals surface area contributed by atoms with Gasteiger partial charge in [-0.3, -0.25) is 4.79 Å². The first-order valence-electron chi connectivity index (χ1n) is 6.52. The minimum Gasteiger partial charge on any atom is -0.338 e. The number of fused-ring (bicyclic) bond motifs is 1. The van der Waals surface area contributed by atoms with Crippen LogP contribution in [0.4, 0.5) is 10.1 Å². The average molecular weight is 426 g/mol. The van der Waals surface area contributed by atoms with Gasteiger partial charge in [0.25, 0.3) is 0 Å². The van der Waals surface area contributed by atoms with Gasteiger partial charge in [-0.05, 0) is 42.5 Å². The van der Waals surface area contributed by atoms with E-state index in [1.165, 1.54) is 12.1 Å². The van der Waals surface area contributed by atoms with E-state index in [0.29, 0.717) is 4.47 Å². The maximum atomic E-state index is 13.7. The lowest BCUT2D eigenvalue weighted by Gasteiger charge is -2.08. The fraction of sp³-hybridized carbons (Fsp3) is 0.0625. The van der Waals surface area contributed by atoms with Gasteiger partial charge in [-0.25, -0.2) is 4.39 Å². The molecule has 6 heteroatoms. The third kappa shape index (κ3) is 3.23. The maximum Gasteiger partial charge on any atom is 0.244 e. The number of carbonyl (C=O) groups excluding carboxylic acids is 1. The molecule has 0 aliphatic heterocycles. The van der Waals surface area contributed by atoms with Crippen LogP contribution in [-0.2, 0) is 11.3 Å². The third-order valence-electron chi connectivity index (χ3n) is 3.25. The van der Waals surface area contributed by atoms with Crippen LogP contribution >= 0.6 is 31.9 Å². The molecule has 1 heterocycles. The van der Waals surface area contributed by atoms with E-state index < -0.39 is 5.82 Å². The molecule has 1 aromatic heterocycles. The Bertz CT molecular complexity index is 860. The van der Waals surface area contributed by atoms with Crippen molar-refractivity contribution in [2.75, 3.05) is 5.32 Å². The number of nitrogens with zero attached hydrogens (tertiary/aromatic N) is 1. The zero-order chi connectivity index (χ0) is 15.7. The van der Waals surface area contributed by atoms with E-state index in [4.69, 9.17) is 0 Å². The second-order valence-corrected chi connectivity index (χ2v) is 6.65. The van der Waals surface area contributed by atoms with E-state index in [1.807, 2.05) is 35.0 Å². The van der Waals surface area contributed by atoms with Crippen LogP contribution in [0.3, 0.4) is 0 Å². The Morgan fingerprint density at radius 2 is 1.82 bits per heavy atom. The van der Waals surface area contributed by atoms with Crippen molar-refractivity contribution < 1.29 is 9.18 Å². The van der Waals surface area contributed by atoms with Crippen molar-refractivity contribution in [2.45, 2.75) is 6.54 Å². The van der Waals surface area contributed by atoms with Gasteiger partial charge in [-0.15, -0.1) is 0 Å². The summed E-state index contributed by atoms with van der Waals surface area (Å²) < 4.78 is 17.2. The monoisotopic (exact) mass is 424 g/mol. The first-order chi connectivity index (χ1) is 10.5. The molecule has 0 atom stereocenters. The number of aromatic nitrogens is 1. The van der Waals surface area contributed by atoms with Crippen LogP contribution in [0.25, 0.3) is 10.9 Å². The number of halogens is 3. The highest BCUT2D eigenvalue weighted by Gasteiger charge is 2.10. The van der Waals surface area contributed by atoms with E-state index in [0.717, 1.165) is 15.4 Å². The summed E-state index contributed by atoms with van der Waals surface area (Å²) in [6.07, 6.45) is 1.84. The molecule has 0 saturated carbocycles. The molecule has 3 nitrogen and oxygen atoms in total. The van der Waals surface area contributed by atoms with E-state index >= 15 is 0 Å². The van der Waals surface area contributed by atoms with E-state index in [-0.39, 0.29) is 18.1 Å². The van der Waals surface area contributed by atoms with Crippen LogP contribution in [0.1, 0.15) is 0 Å². The van der Waals surface area contributed by atoms with Crippen LogP contribution < -0.4 is 5.32 Å². The van der Waals surface area contributed by atoms with Gasteiger partial charge in [0.1, 0.15) is 12.4 Å². The molecule has 0 bridgehead atoms. The van der Waals surface area contributed by atoms with Gasteiger partial charge in [0.2, 0.25) is 5.91 Å². The highest BCUT2D eigenvalue weighted by atomic mass is 79.9. The summed E-state index contributed by atoms with van der Waals surface area (Å²) in [7, 11) is 0. The normalized spacial score (nSPS) is 10.9. The lowest BCUT2D eigenvalue weighted by Crippen LogP contribution is -2.18. The van der Waals surface area contributed by atoms with Gasteiger partial charge >= 0.3 is 0 Å². The quantitative estimate of drug-likeness (QED) is 0.633. The number of nitrogens with one attached hydrogen (secondary N) is 1. The van der Waals surface area contributed by atoms with Crippen LogP contribution in [-0.4, -0.2) is 10.5 Å². The largest absolute Gasteiger partial charge is 0.338 e. The summed E-state index contributed by atoms with van der Waals surface area (Å²) in [6.45, 7) is 0.126. The zero-order valence-electron chi connectivity index (χ0n) is 11.3. The fourth-order valence-corrected chi connectivity index (χ4v) is 2.96. The van der Waals surface area contributed by atoms with Crippen LogP contribution in [0.15, 0.2) is 57.6 Å². The molecular formula is C16H11Br2FN2O. The zero-order valence-corrected chi connectivity index (χ0v) is 14.5. The lowest BCUT2D eigenvalue weighted by atomic mass is 10.2. The molecule has 0 aliphatic rings. The topological polar surface area (TPSA) is 34.0 Å². The number of anilines is 1. The highest BCUT2D eigenvalue weighted by Crippen LogP contribution is 2.22. The SMILES string of the molecule is O=C(Cn1ccc2cc(Br)ccc21)Nc1ccc(Br)cc1F. The van der Waals surface area contributed by atoms with Gasteiger partial charge < -0.3 is 9.88 Å². The van der Waals surface area contributed by atoms with Crippen molar-refractivity contribution >= 4 is 54.4 Å². The Balaban J connectivity index is 1.78. The minimum atomic E-state index is -0.469. The average Bonchev–Trinajstić information content (AvgIpc) is 2.84. The molecule has 0 spiro atoms. The number of carbonyl (C=O) groups is 1. The van der Waals surface area contributed by atoms with E-state index in [9.17, 15) is 9.18 Å². The van der Waals surface area contributed by atoms with Crippen molar-refractivity contribution in [1.82, 2.24) is 4.57 Å². The van der Waals surface area contributed by atoms with Gasteiger partial charge in [0, 0.05) is 26.0 Å². The fourth-order valence-electron chi connectivity index (χ4n) is 2.24. The van der Waals surface area contributed by atoms with Gasteiger partial charge in [0.05, 0.1) is 5.69 Å². The Morgan fingerprint density at radius 1 is 1.09 bits per heavy atom. The summed E-state index contributed by atoms with van der Waals surface area (Å²) in [4.78, 5) is 12.1. The number of benzene rings is 2. The second-order valence-electron chi connectivity index (χ2n) is 4.82. The Hall–Kier alpha value is -1.66. The first kappa shape index (κ1) is 15.2. The molecule has 1 N–H and O–H groups in total. The second kappa shape index (κ2) is 6.22. The molecule has 3 rings (SSSR count). The molecule has 0 saturated heterocycles. The van der Waals surface area contributed by atoms with Crippen molar-refractivity contribution in [3.05, 3.63) is 63.4 Å². The molecule has 112 valence electrons. The molecular weight excluding hydrogens is 415 g/mol. The number of hydrogen-bond donors (Lipinski definition) is 1. The predicted molar refractivity (Wildman–Crippen MR) is 92.4 cm³/mol. The van der Waals surface area contributed by atoms with Gasteiger partial charge in [-0.2, -0.15) is 0 Å². The standard InChI is InChI=1S/C16H11Br2FN2O/c17-11-2-4-15-10(7-11)5-6-21(15)9-16(22)20-14-3-1-12(18)8-13(14)19/h1-8H,9H2,(H,20,22). The third-order valence-corrected chi connectivity index (χ3v) is 4.24. The van der Waals surface area contributed by atoms with Gasteiger partial charge in [0.15, 0.2) is 0 Å². The molecule has 2 aromatic carbocycles.